The van der Waals surface area contributed by atoms with Crippen LogP contribution in [0.15, 0.2) is 66.9 Å². The number of hydrogen-bond acceptors (Lipinski definition) is 6. The van der Waals surface area contributed by atoms with Gasteiger partial charge < -0.3 is 20.5 Å². The molecule has 0 atom stereocenters. The van der Waals surface area contributed by atoms with E-state index in [1.54, 1.807) is 18.3 Å². The van der Waals surface area contributed by atoms with E-state index in [9.17, 15) is 10.1 Å². The normalized spacial score (nSPS) is 11.6. The van der Waals surface area contributed by atoms with Crippen molar-refractivity contribution in [3.8, 4) is 11.4 Å². The lowest BCUT2D eigenvalue weighted by Crippen LogP contribution is -2.41. The molecule has 0 spiro atoms. The maximum absolute atomic E-state index is 10.7. The third-order valence-corrected chi connectivity index (χ3v) is 11.9. The fourth-order valence-corrected chi connectivity index (χ4v) is 5.02. The van der Waals surface area contributed by atoms with Crippen LogP contribution in [-0.2, 0) is 4.43 Å². The number of halogens is 1. The lowest BCUT2D eigenvalue weighted by atomic mass is 10.2. The van der Waals surface area contributed by atoms with Gasteiger partial charge in [0.1, 0.15) is 0 Å². The number of fused-ring (bicyclic) bond motifs is 1. The van der Waals surface area contributed by atoms with E-state index in [2.05, 4.69) is 77.8 Å². The molecule has 2 heterocycles. The molecule has 0 bridgehead atoms. The van der Waals surface area contributed by atoms with E-state index in [0.717, 1.165) is 37.2 Å². The Bertz CT molecular complexity index is 1350. The van der Waals surface area contributed by atoms with Crippen molar-refractivity contribution in [1.82, 2.24) is 9.97 Å². The van der Waals surface area contributed by atoms with E-state index >= 15 is 0 Å². The summed E-state index contributed by atoms with van der Waals surface area (Å²) in [6, 6.07) is 18.6. The molecule has 2 aromatic heterocycles. The third-order valence-electron chi connectivity index (χ3n) is 6.44. The number of benzene rings is 2. The van der Waals surface area contributed by atoms with Crippen LogP contribution in [0, 0.1) is 13.7 Å². The molecule has 10 heteroatoms. The van der Waals surface area contributed by atoms with Crippen molar-refractivity contribution >= 4 is 58.9 Å². The Balaban J connectivity index is 0.000000212. The van der Waals surface area contributed by atoms with Crippen molar-refractivity contribution in [3.63, 3.8) is 0 Å². The monoisotopic (exact) mass is 631 g/mol. The Kier molecular flexibility index (Phi) is 9.32. The molecule has 0 fully saturated rings. The minimum atomic E-state index is -1.71. The molecule has 0 aliphatic heterocycles. The molecule has 0 radical (unpaired) electrons. The Morgan fingerprint density at radius 1 is 1.14 bits per heavy atom. The quantitative estimate of drug-likeness (QED) is 0.0487. The number of nitrogen functional groups attached to an aromatic ring is 1. The highest BCUT2D eigenvalue weighted by atomic mass is 127. The van der Waals surface area contributed by atoms with Crippen molar-refractivity contribution in [2.45, 2.75) is 38.9 Å². The zero-order chi connectivity index (χ0) is 27.2. The van der Waals surface area contributed by atoms with E-state index in [-0.39, 0.29) is 15.6 Å². The fourth-order valence-electron chi connectivity index (χ4n) is 3.28. The van der Waals surface area contributed by atoms with Crippen LogP contribution in [0.4, 0.5) is 17.1 Å². The van der Waals surface area contributed by atoms with E-state index in [4.69, 9.17) is 10.2 Å². The number of H-pyrrole nitrogens is 1. The Morgan fingerprint density at radius 2 is 1.89 bits per heavy atom. The van der Waals surface area contributed by atoms with Gasteiger partial charge >= 0.3 is 0 Å². The van der Waals surface area contributed by atoms with Crippen molar-refractivity contribution in [1.29, 1.82) is 0 Å². The van der Waals surface area contributed by atoms with Gasteiger partial charge in [-0.15, -0.1) is 0 Å². The van der Waals surface area contributed by atoms with E-state index in [1.165, 1.54) is 6.07 Å². The molecular weight excluding hydrogens is 597 g/mol. The lowest BCUT2D eigenvalue weighted by molar-refractivity contribution is -0.384. The van der Waals surface area contributed by atoms with Crippen LogP contribution in [-0.4, -0.2) is 36.4 Å². The summed E-state index contributed by atoms with van der Waals surface area (Å²) in [6.07, 6.45) is 1.79. The Labute approximate surface area is 232 Å². The van der Waals surface area contributed by atoms with Crippen LogP contribution >= 0.6 is 22.6 Å². The molecule has 0 unspecified atom stereocenters. The summed E-state index contributed by atoms with van der Waals surface area (Å²) < 4.78 is 6.92. The maximum atomic E-state index is 10.7. The number of aromatic nitrogens is 2. The Morgan fingerprint density at radius 3 is 2.51 bits per heavy atom. The number of hydrogen-bond donors (Lipinski definition) is 3. The fraction of sp³-hybridized carbons (Fsp3) is 0.296. The summed E-state index contributed by atoms with van der Waals surface area (Å²) in [7, 11) is -1.71. The Hall–Kier alpha value is -2.96. The number of nitrogens with two attached hydrogens (primary N) is 1. The van der Waals surface area contributed by atoms with Crippen LogP contribution in [0.5, 0.6) is 0 Å². The van der Waals surface area contributed by atoms with Gasteiger partial charge in [-0.25, -0.2) is 0 Å². The second-order valence-electron chi connectivity index (χ2n) is 10.2. The maximum Gasteiger partial charge on any atom is 0.270 e. The molecule has 0 saturated carbocycles. The summed E-state index contributed by atoms with van der Waals surface area (Å²) in [5.41, 5.74) is 10.6. The van der Waals surface area contributed by atoms with Crippen molar-refractivity contribution in [2.75, 3.05) is 24.2 Å². The molecule has 0 saturated heterocycles. The van der Waals surface area contributed by atoms with Crippen molar-refractivity contribution < 1.29 is 9.35 Å². The van der Waals surface area contributed by atoms with E-state index in [1.807, 2.05) is 36.4 Å². The highest BCUT2D eigenvalue weighted by Gasteiger charge is 2.36. The highest BCUT2D eigenvalue weighted by Crippen LogP contribution is 2.36. The number of pyridine rings is 1. The van der Waals surface area contributed by atoms with Crippen LogP contribution in [0.3, 0.4) is 0 Å². The molecule has 0 aliphatic rings. The van der Waals surface area contributed by atoms with Crippen LogP contribution in [0.1, 0.15) is 20.8 Å². The second-order valence-corrected chi connectivity index (χ2v) is 16.2. The zero-order valence-electron chi connectivity index (χ0n) is 21.8. The lowest BCUT2D eigenvalue weighted by Gasteiger charge is -2.36. The molecule has 0 aliphatic carbocycles. The first-order valence-electron chi connectivity index (χ1n) is 12.0. The predicted molar refractivity (Wildman–Crippen MR) is 163 cm³/mol. The van der Waals surface area contributed by atoms with Crippen LogP contribution in [0.25, 0.3) is 22.3 Å². The summed E-state index contributed by atoms with van der Waals surface area (Å²) in [4.78, 5) is 17.9. The largest absolute Gasteiger partial charge is 0.415 e. The number of non-ortho nitro benzene ring substituents is 1. The summed E-state index contributed by atoms with van der Waals surface area (Å²) in [5, 5.41) is 15.3. The van der Waals surface area contributed by atoms with Gasteiger partial charge in [0.05, 0.1) is 22.9 Å². The van der Waals surface area contributed by atoms with Gasteiger partial charge in [0.25, 0.3) is 5.69 Å². The number of aromatic amines is 1. The molecule has 0 amide bonds. The standard InChI is InChI=1S/C14H23IN2O3Si.C13H11N3/c1-14(2,3)21(4,5)20-9-8-16-13-7-6-11(17(18)19)10-12(13)15;14-10-4-5-11-9(7-10)8-13(16-11)12-3-1-2-6-15-12/h6-7,10,16H,8-9H2,1-5H3;1-8,16H,14H2. The van der Waals surface area contributed by atoms with Gasteiger partial charge in [-0.05, 0) is 83.2 Å². The van der Waals surface area contributed by atoms with Gasteiger partial charge in [0.15, 0.2) is 8.32 Å². The van der Waals surface area contributed by atoms with Crippen LogP contribution < -0.4 is 11.1 Å². The predicted octanol–water partition coefficient (Wildman–Crippen LogP) is 7.45. The first-order chi connectivity index (χ1) is 17.4. The first kappa shape index (κ1) is 28.6. The first-order valence-corrected chi connectivity index (χ1v) is 16.0. The molecule has 4 N–H and O–H groups in total. The average molecular weight is 632 g/mol. The smallest absolute Gasteiger partial charge is 0.270 e. The summed E-state index contributed by atoms with van der Waals surface area (Å²) in [6.45, 7) is 12.4. The van der Waals surface area contributed by atoms with Crippen molar-refractivity contribution in [3.05, 3.63) is 80.5 Å². The van der Waals surface area contributed by atoms with Gasteiger partial charge in [-0.2, -0.15) is 0 Å². The average Bonchev–Trinajstić information content (AvgIpc) is 3.26. The van der Waals surface area contributed by atoms with E-state index in [0.29, 0.717) is 13.2 Å². The molecule has 8 nitrogen and oxygen atoms in total. The topological polar surface area (TPSA) is 119 Å². The minimum absolute atomic E-state index is 0.113. The summed E-state index contributed by atoms with van der Waals surface area (Å²) >= 11 is 2.10. The summed E-state index contributed by atoms with van der Waals surface area (Å²) in [5.74, 6) is 0. The molecule has 37 heavy (non-hydrogen) atoms. The minimum Gasteiger partial charge on any atom is -0.415 e. The number of anilines is 2. The van der Waals surface area contributed by atoms with Gasteiger partial charge in [-0.3, -0.25) is 15.1 Å². The molecule has 4 aromatic rings. The molecule has 2 aromatic carbocycles. The number of rotatable bonds is 7. The van der Waals surface area contributed by atoms with Gasteiger partial charge in [0.2, 0.25) is 0 Å². The second kappa shape index (κ2) is 12.1. The molecule has 4 rings (SSSR count). The SMILES string of the molecule is CC(C)(C)[Si](C)(C)OCCNc1ccc([N+](=O)[O-])cc1I.Nc1ccc2[nH]c(-c3ccccn3)cc2c1. The number of nitrogens with zero attached hydrogens (tertiary/aromatic N) is 2. The van der Waals surface area contributed by atoms with Gasteiger partial charge in [0, 0.05) is 50.7 Å². The zero-order valence-corrected chi connectivity index (χ0v) is 25.0. The van der Waals surface area contributed by atoms with Crippen molar-refractivity contribution in [2.24, 2.45) is 0 Å². The number of nitro benzene ring substituents is 1. The number of nitrogens with one attached hydrogen (secondary N) is 2. The van der Waals surface area contributed by atoms with E-state index < -0.39 is 8.32 Å². The third kappa shape index (κ3) is 7.76. The van der Waals surface area contributed by atoms with Gasteiger partial charge in [-0.1, -0.05) is 26.8 Å². The van der Waals surface area contributed by atoms with Crippen LogP contribution in [0.2, 0.25) is 18.1 Å². The highest BCUT2D eigenvalue weighted by molar-refractivity contribution is 14.1. The molecule has 196 valence electrons. The number of nitro groups is 1. The molecular formula is C27H34IN5O3Si.